The van der Waals surface area contributed by atoms with Crippen molar-refractivity contribution in [3.05, 3.63) is 34.3 Å². The number of benzene rings is 1. The highest BCUT2D eigenvalue weighted by molar-refractivity contribution is 9.10. The van der Waals surface area contributed by atoms with E-state index in [1.165, 1.54) is 42.4 Å². The molecule has 0 radical (unpaired) electrons. The predicted octanol–water partition coefficient (Wildman–Crippen LogP) is 3.58. The van der Waals surface area contributed by atoms with Gasteiger partial charge in [-0.25, -0.2) is 0 Å². The Labute approximate surface area is 124 Å². The summed E-state index contributed by atoms with van der Waals surface area (Å²) in [6.45, 7) is 6.04. The van der Waals surface area contributed by atoms with E-state index >= 15 is 0 Å². The highest BCUT2D eigenvalue weighted by Crippen LogP contribution is 2.31. The van der Waals surface area contributed by atoms with Crippen molar-refractivity contribution in [1.29, 1.82) is 0 Å². The Morgan fingerprint density at radius 2 is 2.21 bits per heavy atom. The molecule has 2 unspecified atom stereocenters. The van der Waals surface area contributed by atoms with Crippen LogP contribution < -0.4 is 5.32 Å². The van der Waals surface area contributed by atoms with Crippen molar-refractivity contribution >= 4 is 15.9 Å². The van der Waals surface area contributed by atoms with Gasteiger partial charge in [0.15, 0.2) is 0 Å². The molecule has 1 aromatic rings. The fourth-order valence-electron chi connectivity index (χ4n) is 3.04. The van der Waals surface area contributed by atoms with Crippen LogP contribution in [0.15, 0.2) is 28.7 Å². The number of rotatable bonds is 5. The predicted molar refractivity (Wildman–Crippen MR) is 83.3 cm³/mol. The molecule has 2 fully saturated rings. The maximum absolute atomic E-state index is 3.70. The van der Waals surface area contributed by atoms with Gasteiger partial charge in [-0.1, -0.05) is 28.1 Å². The van der Waals surface area contributed by atoms with Crippen LogP contribution in [-0.4, -0.2) is 30.6 Å². The zero-order valence-electron chi connectivity index (χ0n) is 11.6. The van der Waals surface area contributed by atoms with Crippen LogP contribution in [0.2, 0.25) is 0 Å². The summed E-state index contributed by atoms with van der Waals surface area (Å²) in [7, 11) is 0. The second kappa shape index (κ2) is 5.94. The van der Waals surface area contributed by atoms with Gasteiger partial charge in [0.2, 0.25) is 0 Å². The van der Waals surface area contributed by atoms with Gasteiger partial charge in [-0.3, -0.25) is 0 Å². The Morgan fingerprint density at radius 3 is 2.95 bits per heavy atom. The van der Waals surface area contributed by atoms with E-state index in [4.69, 9.17) is 0 Å². The molecule has 1 N–H and O–H groups in total. The number of likely N-dealkylation sites (tertiary alicyclic amines) is 1. The molecule has 1 saturated heterocycles. The largest absolute Gasteiger partial charge is 0.310 e. The van der Waals surface area contributed by atoms with Gasteiger partial charge < -0.3 is 10.2 Å². The van der Waals surface area contributed by atoms with E-state index in [9.17, 15) is 0 Å². The summed E-state index contributed by atoms with van der Waals surface area (Å²) in [4.78, 5) is 2.69. The Kier molecular flexibility index (Phi) is 4.25. The molecule has 1 aromatic carbocycles. The quantitative estimate of drug-likeness (QED) is 0.891. The molecular formula is C16H23BrN2. The van der Waals surface area contributed by atoms with Crippen LogP contribution >= 0.6 is 15.9 Å². The smallest absolute Gasteiger partial charge is 0.0292 e. The lowest BCUT2D eigenvalue weighted by molar-refractivity contribution is 0.310. The Balaban J connectivity index is 1.46. The van der Waals surface area contributed by atoms with Gasteiger partial charge in [0.1, 0.15) is 0 Å². The van der Waals surface area contributed by atoms with Crippen molar-refractivity contribution < 1.29 is 0 Å². The van der Waals surface area contributed by atoms with Gasteiger partial charge in [-0.15, -0.1) is 0 Å². The average molecular weight is 323 g/mol. The van der Waals surface area contributed by atoms with Crippen molar-refractivity contribution in [1.82, 2.24) is 10.2 Å². The molecule has 0 amide bonds. The normalized spacial score (nSPS) is 25.7. The summed E-state index contributed by atoms with van der Waals surface area (Å²) in [6.07, 6.45) is 4.25. The monoisotopic (exact) mass is 322 g/mol. The number of hydrogen-bond acceptors (Lipinski definition) is 2. The van der Waals surface area contributed by atoms with Crippen LogP contribution in [0, 0.1) is 5.92 Å². The van der Waals surface area contributed by atoms with Crippen LogP contribution in [0.5, 0.6) is 0 Å². The molecule has 2 aliphatic rings. The summed E-state index contributed by atoms with van der Waals surface area (Å²) < 4.78 is 1.17. The molecule has 1 saturated carbocycles. The van der Waals surface area contributed by atoms with Crippen molar-refractivity contribution in [2.24, 2.45) is 5.92 Å². The minimum atomic E-state index is 0.437. The van der Waals surface area contributed by atoms with Crippen LogP contribution in [0.3, 0.4) is 0 Å². The summed E-state index contributed by atoms with van der Waals surface area (Å²) in [6, 6.07) is 9.99. The lowest BCUT2D eigenvalue weighted by Crippen LogP contribution is -2.29. The first-order valence-electron chi connectivity index (χ1n) is 7.45. The van der Waals surface area contributed by atoms with E-state index in [1.54, 1.807) is 0 Å². The minimum Gasteiger partial charge on any atom is -0.310 e. The van der Waals surface area contributed by atoms with E-state index in [0.717, 1.165) is 18.5 Å². The first-order valence-corrected chi connectivity index (χ1v) is 8.24. The molecule has 0 aromatic heterocycles. The topological polar surface area (TPSA) is 15.3 Å². The fraction of sp³-hybridized carbons (Fsp3) is 0.625. The van der Waals surface area contributed by atoms with Gasteiger partial charge in [0.25, 0.3) is 0 Å². The third kappa shape index (κ3) is 3.59. The number of nitrogens with zero attached hydrogens (tertiary/aromatic N) is 1. The Bertz CT molecular complexity index is 431. The van der Waals surface area contributed by atoms with Gasteiger partial charge in [0.05, 0.1) is 0 Å². The highest BCUT2D eigenvalue weighted by atomic mass is 79.9. The molecule has 104 valence electrons. The molecule has 3 rings (SSSR count). The zero-order valence-corrected chi connectivity index (χ0v) is 13.2. The second-order valence-electron chi connectivity index (χ2n) is 6.07. The summed E-state index contributed by atoms with van der Waals surface area (Å²) >= 11 is 3.54. The van der Waals surface area contributed by atoms with Crippen LogP contribution in [0.25, 0.3) is 0 Å². The molecule has 0 bridgehead atoms. The summed E-state index contributed by atoms with van der Waals surface area (Å²) in [5.41, 5.74) is 1.37. The molecule has 1 heterocycles. The molecule has 1 aliphatic heterocycles. The molecule has 0 spiro atoms. The standard InChI is InChI=1S/C16H23BrN2/c1-12(14-3-2-4-15(17)9-14)18-10-13-7-8-19(11-13)16-5-6-16/h2-4,9,12-13,16,18H,5-8,10-11H2,1H3. The molecule has 1 aliphatic carbocycles. The fourth-order valence-corrected chi connectivity index (χ4v) is 3.45. The van der Waals surface area contributed by atoms with Crippen molar-refractivity contribution in [2.75, 3.05) is 19.6 Å². The van der Waals surface area contributed by atoms with E-state index in [0.29, 0.717) is 6.04 Å². The molecule has 3 heteroatoms. The van der Waals surface area contributed by atoms with Crippen molar-refractivity contribution in [2.45, 2.75) is 38.3 Å². The molecule has 19 heavy (non-hydrogen) atoms. The van der Waals surface area contributed by atoms with Gasteiger partial charge in [-0.2, -0.15) is 0 Å². The lowest BCUT2D eigenvalue weighted by atomic mass is 10.1. The van der Waals surface area contributed by atoms with Crippen molar-refractivity contribution in [3.8, 4) is 0 Å². The van der Waals surface area contributed by atoms with E-state index in [-0.39, 0.29) is 0 Å². The number of nitrogens with one attached hydrogen (secondary N) is 1. The maximum atomic E-state index is 3.70. The SMILES string of the molecule is CC(NCC1CCN(C2CC2)C1)c1cccc(Br)c1. The van der Waals surface area contributed by atoms with Gasteiger partial charge >= 0.3 is 0 Å². The molecule has 2 atom stereocenters. The van der Waals surface area contributed by atoms with E-state index in [2.05, 4.69) is 57.3 Å². The van der Waals surface area contributed by atoms with Crippen LogP contribution in [0.4, 0.5) is 0 Å². The highest BCUT2D eigenvalue weighted by Gasteiger charge is 2.34. The first kappa shape index (κ1) is 13.6. The number of hydrogen-bond donors (Lipinski definition) is 1. The average Bonchev–Trinajstić information content (AvgIpc) is 3.15. The first-order chi connectivity index (χ1) is 9.22. The van der Waals surface area contributed by atoms with Gasteiger partial charge in [-0.05, 0) is 62.9 Å². The molecule has 2 nitrogen and oxygen atoms in total. The Morgan fingerprint density at radius 1 is 1.37 bits per heavy atom. The minimum absolute atomic E-state index is 0.437. The van der Waals surface area contributed by atoms with E-state index < -0.39 is 0 Å². The number of halogens is 1. The van der Waals surface area contributed by atoms with Crippen LogP contribution in [-0.2, 0) is 0 Å². The third-order valence-electron chi connectivity index (χ3n) is 4.44. The van der Waals surface area contributed by atoms with Crippen LogP contribution in [0.1, 0.15) is 37.8 Å². The Hall–Kier alpha value is -0.380. The van der Waals surface area contributed by atoms with Gasteiger partial charge in [0, 0.05) is 23.1 Å². The zero-order chi connectivity index (χ0) is 13.2. The molecular weight excluding hydrogens is 300 g/mol. The second-order valence-corrected chi connectivity index (χ2v) is 6.98. The maximum Gasteiger partial charge on any atom is 0.0292 e. The lowest BCUT2D eigenvalue weighted by Gasteiger charge is -2.19. The van der Waals surface area contributed by atoms with E-state index in [1.807, 2.05) is 0 Å². The van der Waals surface area contributed by atoms with Crippen molar-refractivity contribution in [3.63, 3.8) is 0 Å². The summed E-state index contributed by atoms with van der Waals surface area (Å²) in [5.74, 6) is 0.843. The summed E-state index contributed by atoms with van der Waals surface area (Å²) in [5, 5.41) is 3.70. The third-order valence-corrected chi connectivity index (χ3v) is 4.94.